The standard InChI is InChI=1S/C26H21NO/c28-26-19-17-25(18-20-26)27(23-9-5-2-6-10-23)24-15-13-22(14-16-24)12-11-21-7-3-1-4-8-21/h1-20,28H/b12-11-. The van der Waals surface area contributed by atoms with Crippen molar-refractivity contribution in [3.63, 3.8) is 0 Å². The number of phenols is 1. The van der Waals surface area contributed by atoms with E-state index in [4.69, 9.17) is 0 Å². The summed E-state index contributed by atoms with van der Waals surface area (Å²) < 4.78 is 0. The maximum absolute atomic E-state index is 9.64. The molecular weight excluding hydrogens is 342 g/mol. The normalized spacial score (nSPS) is 10.9. The maximum Gasteiger partial charge on any atom is 0.115 e. The first kappa shape index (κ1) is 17.6. The van der Waals surface area contributed by atoms with E-state index in [1.54, 1.807) is 12.1 Å². The number of aromatic hydroxyl groups is 1. The minimum atomic E-state index is 0.262. The van der Waals surface area contributed by atoms with Crippen molar-refractivity contribution in [3.8, 4) is 5.75 Å². The fourth-order valence-electron chi connectivity index (χ4n) is 3.12. The highest BCUT2D eigenvalue weighted by atomic mass is 16.3. The van der Waals surface area contributed by atoms with Gasteiger partial charge in [0, 0.05) is 17.1 Å². The van der Waals surface area contributed by atoms with Crippen LogP contribution in [-0.4, -0.2) is 5.11 Å². The Morgan fingerprint density at radius 1 is 0.464 bits per heavy atom. The quantitative estimate of drug-likeness (QED) is 0.385. The molecule has 0 aromatic heterocycles. The van der Waals surface area contributed by atoms with Crippen molar-refractivity contribution in [2.75, 3.05) is 4.90 Å². The Balaban J connectivity index is 1.65. The molecule has 4 aromatic carbocycles. The van der Waals surface area contributed by atoms with Gasteiger partial charge in [0.25, 0.3) is 0 Å². The lowest BCUT2D eigenvalue weighted by atomic mass is 10.1. The van der Waals surface area contributed by atoms with Crippen LogP contribution in [-0.2, 0) is 0 Å². The number of hydrogen-bond donors (Lipinski definition) is 1. The zero-order valence-electron chi connectivity index (χ0n) is 15.4. The van der Waals surface area contributed by atoms with Crippen LogP contribution in [0.2, 0.25) is 0 Å². The van der Waals surface area contributed by atoms with Crippen molar-refractivity contribution in [3.05, 3.63) is 120 Å². The summed E-state index contributed by atoms with van der Waals surface area (Å²) >= 11 is 0. The third-order valence-corrected chi connectivity index (χ3v) is 4.54. The van der Waals surface area contributed by atoms with Crippen molar-refractivity contribution in [1.82, 2.24) is 0 Å². The minimum absolute atomic E-state index is 0.262. The van der Waals surface area contributed by atoms with Crippen LogP contribution in [0.1, 0.15) is 11.1 Å². The van der Waals surface area contributed by atoms with Crippen molar-refractivity contribution < 1.29 is 5.11 Å². The number of anilines is 3. The Morgan fingerprint density at radius 3 is 1.46 bits per heavy atom. The van der Waals surface area contributed by atoms with Crippen LogP contribution in [0.15, 0.2) is 109 Å². The molecule has 0 aliphatic heterocycles. The lowest BCUT2D eigenvalue weighted by Crippen LogP contribution is -2.09. The monoisotopic (exact) mass is 363 g/mol. The average Bonchev–Trinajstić information content (AvgIpc) is 2.76. The predicted octanol–water partition coefficient (Wildman–Crippen LogP) is 7.03. The van der Waals surface area contributed by atoms with Crippen molar-refractivity contribution in [2.24, 2.45) is 0 Å². The summed E-state index contributed by atoms with van der Waals surface area (Å²) in [4.78, 5) is 2.17. The molecule has 0 amide bonds. The van der Waals surface area contributed by atoms with Crippen LogP contribution in [0.25, 0.3) is 12.2 Å². The number of para-hydroxylation sites is 1. The molecule has 4 rings (SSSR count). The molecule has 4 aromatic rings. The molecule has 2 nitrogen and oxygen atoms in total. The molecule has 1 N–H and O–H groups in total. The molecule has 0 unspecified atom stereocenters. The van der Waals surface area contributed by atoms with E-state index in [1.807, 2.05) is 48.5 Å². The molecule has 0 saturated heterocycles. The van der Waals surface area contributed by atoms with Crippen molar-refractivity contribution in [1.29, 1.82) is 0 Å². The van der Waals surface area contributed by atoms with Gasteiger partial charge in [-0.3, -0.25) is 0 Å². The molecule has 0 saturated carbocycles. The highest BCUT2D eigenvalue weighted by molar-refractivity contribution is 5.78. The average molecular weight is 363 g/mol. The number of phenolic OH excluding ortho intramolecular Hbond substituents is 1. The molecule has 0 aliphatic carbocycles. The summed E-state index contributed by atoms with van der Waals surface area (Å²) in [5.41, 5.74) is 5.46. The summed E-state index contributed by atoms with van der Waals surface area (Å²) in [6.07, 6.45) is 4.23. The van der Waals surface area contributed by atoms with Gasteiger partial charge in [-0.05, 0) is 59.7 Å². The molecule has 28 heavy (non-hydrogen) atoms. The smallest absolute Gasteiger partial charge is 0.115 e. The van der Waals surface area contributed by atoms with Gasteiger partial charge in [0.1, 0.15) is 5.75 Å². The third-order valence-electron chi connectivity index (χ3n) is 4.54. The Bertz CT molecular complexity index is 1040. The van der Waals surface area contributed by atoms with Gasteiger partial charge in [-0.25, -0.2) is 0 Å². The molecule has 0 radical (unpaired) electrons. The maximum atomic E-state index is 9.64. The Morgan fingerprint density at radius 2 is 0.893 bits per heavy atom. The number of nitrogens with zero attached hydrogens (tertiary/aromatic N) is 1. The molecule has 2 heteroatoms. The summed E-state index contributed by atoms with van der Waals surface area (Å²) in [6.45, 7) is 0. The Kier molecular flexibility index (Phi) is 5.21. The SMILES string of the molecule is Oc1ccc(N(c2ccccc2)c2ccc(/C=C\c3ccccc3)cc2)cc1. The van der Waals surface area contributed by atoms with Crippen LogP contribution < -0.4 is 4.90 Å². The molecular formula is C26H21NO. The van der Waals surface area contributed by atoms with Gasteiger partial charge in [-0.1, -0.05) is 72.8 Å². The molecule has 0 heterocycles. The van der Waals surface area contributed by atoms with E-state index >= 15 is 0 Å². The van der Waals surface area contributed by atoms with E-state index in [2.05, 4.69) is 65.6 Å². The van der Waals surface area contributed by atoms with Crippen LogP contribution >= 0.6 is 0 Å². The van der Waals surface area contributed by atoms with Gasteiger partial charge in [0.2, 0.25) is 0 Å². The van der Waals surface area contributed by atoms with Crippen LogP contribution in [0.3, 0.4) is 0 Å². The molecule has 0 spiro atoms. The Labute approximate surface area is 165 Å². The van der Waals surface area contributed by atoms with Gasteiger partial charge in [0.05, 0.1) is 0 Å². The fourth-order valence-corrected chi connectivity index (χ4v) is 3.12. The van der Waals surface area contributed by atoms with Crippen molar-refractivity contribution in [2.45, 2.75) is 0 Å². The van der Waals surface area contributed by atoms with E-state index in [0.29, 0.717) is 0 Å². The van der Waals surface area contributed by atoms with Gasteiger partial charge in [0.15, 0.2) is 0 Å². The zero-order valence-corrected chi connectivity index (χ0v) is 15.4. The molecule has 136 valence electrons. The van der Waals surface area contributed by atoms with Gasteiger partial charge in [-0.15, -0.1) is 0 Å². The van der Waals surface area contributed by atoms with E-state index in [0.717, 1.165) is 22.6 Å². The van der Waals surface area contributed by atoms with Gasteiger partial charge in [-0.2, -0.15) is 0 Å². The first-order valence-electron chi connectivity index (χ1n) is 9.27. The van der Waals surface area contributed by atoms with E-state index in [9.17, 15) is 5.11 Å². The molecule has 0 fully saturated rings. The summed E-state index contributed by atoms with van der Waals surface area (Å²) in [5, 5.41) is 9.64. The second kappa shape index (κ2) is 8.28. The molecule has 0 bridgehead atoms. The van der Waals surface area contributed by atoms with Gasteiger partial charge < -0.3 is 10.0 Å². The number of hydrogen-bond acceptors (Lipinski definition) is 2. The van der Waals surface area contributed by atoms with Crippen molar-refractivity contribution >= 4 is 29.2 Å². The highest BCUT2D eigenvalue weighted by Crippen LogP contribution is 2.35. The summed E-state index contributed by atoms with van der Waals surface area (Å²) in [6, 6.07) is 36.2. The zero-order chi connectivity index (χ0) is 19.2. The predicted molar refractivity (Wildman–Crippen MR) is 118 cm³/mol. The molecule has 0 aliphatic rings. The van der Waals surface area contributed by atoms with E-state index in [1.165, 1.54) is 5.56 Å². The lowest BCUT2D eigenvalue weighted by Gasteiger charge is -2.25. The fraction of sp³-hybridized carbons (Fsp3) is 0. The second-order valence-corrected chi connectivity index (χ2v) is 6.52. The first-order valence-corrected chi connectivity index (χ1v) is 9.27. The van der Waals surface area contributed by atoms with Crippen LogP contribution in [0.5, 0.6) is 5.75 Å². The van der Waals surface area contributed by atoms with E-state index in [-0.39, 0.29) is 5.75 Å². The minimum Gasteiger partial charge on any atom is -0.508 e. The van der Waals surface area contributed by atoms with Gasteiger partial charge >= 0.3 is 0 Å². The number of rotatable bonds is 5. The van der Waals surface area contributed by atoms with Crippen LogP contribution in [0.4, 0.5) is 17.1 Å². The molecule has 0 atom stereocenters. The largest absolute Gasteiger partial charge is 0.508 e. The highest BCUT2D eigenvalue weighted by Gasteiger charge is 2.11. The third kappa shape index (κ3) is 4.13. The van der Waals surface area contributed by atoms with E-state index < -0.39 is 0 Å². The Hall–Kier alpha value is -3.78. The van der Waals surface area contributed by atoms with Crippen LogP contribution in [0, 0.1) is 0 Å². The summed E-state index contributed by atoms with van der Waals surface area (Å²) in [5.74, 6) is 0.262. The topological polar surface area (TPSA) is 23.5 Å². The lowest BCUT2D eigenvalue weighted by molar-refractivity contribution is 0.475. The number of benzene rings is 4. The second-order valence-electron chi connectivity index (χ2n) is 6.52. The summed E-state index contributed by atoms with van der Waals surface area (Å²) in [7, 11) is 0. The first-order chi connectivity index (χ1) is 13.8.